The van der Waals surface area contributed by atoms with E-state index in [4.69, 9.17) is 5.11 Å². The summed E-state index contributed by atoms with van der Waals surface area (Å²) in [5.41, 5.74) is 1.10. The standard InChI is InChI=1S/C15H21NO3/c1-3-9-16(10-4-2)14(17)11-12-5-7-13(8-6-12)15(18)19/h5-8H,3-4,9-11H2,1-2H3,(H,18,19). The Morgan fingerprint density at radius 2 is 1.58 bits per heavy atom. The van der Waals surface area contributed by atoms with Crippen LogP contribution in [0.25, 0.3) is 0 Å². The Morgan fingerprint density at radius 1 is 1.05 bits per heavy atom. The van der Waals surface area contributed by atoms with Gasteiger partial charge in [-0.05, 0) is 30.5 Å². The van der Waals surface area contributed by atoms with E-state index in [1.54, 1.807) is 12.1 Å². The first-order valence-corrected chi connectivity index (χ1v) is 6.68. The summed E-state index contributed by atoms with van der Waals surface area (Å²) in [5, 5.41) is 8.81. The van der Waals surface area contributed by atoms with Crippen LogP contribution in [0, 0.1) is 0 Å². The number of hydrogen-bond donors (Lipinski definition) is 1. The van der Waals surface area contributed by atoms with Gasteiger partial charge in [-0.2, -0.15) is 0 Å². The molecule has 0 unspecified atom stereocenters. The van der Waals surface area contributed by atoms with Gasteiger partial charge in [-0.25, -0.2) is 4.79 Å². The fourth-order valence-corrected chi connectivity index (χ4v) is 1.95. The minimum atomic E-state index is -0.948. The van der Waals surface area contributed by atoms with Crippen LogP contribution < -0.4 is 0 Å². The van der Waals surface area contributed by atoms with Crippen LogP contribution in [-0.4, -0.2) is 35.0 Å². The number of hydrogen-bond acceptors (Lipinski definition) is 2. The maximum absolute atomic E-state index is 12.1. The predicted molar refractivity (Wildman–Crippen MR) is 74.3 cm³/mol. The van der Waals surface area contributed by atoms with Crippen molar-refractivity contribution < 1.29 is 14.7 Å². The maximum Gasteiger partial charge on any atom is 0.335 e. The zero-order valence-corrected chi connectivity index (χ0v) is 11.6. The molecule has 1 aromatic carbocycles. The molecule has 0 aromatic heterocycles. The molecule has 1 amide bonds. The molecule has 0 aliphatic heterocycles. The van der Waals surface area contributed by atoms with Crippen molar-refractivity contribution in [1.29, 1.82) is 0 Å². The summed E-state index contributed by atoms with van der Waals surface area (Å²) in [6.07, 6.45) is 2.23. The topological polar surface area (TPSA) is 57.6 Å². The van der Waals surface area contributed by atoms with Crippen LogP contribution in [0.4, 0.5) is 0 Å². The summed E-state index contributed by atoms with van der Waals surface area (Å²) in [6.45, 7) is 5.66. The van der Waals surface area contributed by atoms with Gasteiger partial charge in [0, 0.05) is 13.1 Å². The lowest BCUT2D eigenvalue weighted by Crippen LogP contribution is -2.33. The molecule has 4 nitrogen and oxygen atoms in total. The molecule has 0 aliphatic carbocycles. The number of carbonyl (C=O) groups excluding carboxylic acids is 1. The molecule has 0 bridgehead atoms. The molecular formula is C15H21NO3. The first kappa shape index (κ1) is 15.2. The van der Waals surface area contributed by atoms with Gasteiger partial charge in [0.15, 0.2) is 0 Å². The van der Waals surface area contributed by atoms with Gasteiger partial charge in [0.2, 0.25) is 5.91 Å². The highest BCUT2D eigenvalue weighted by Crippen LogP contribution is 2.07. The second-order valence-electron chi connectivity index (χ2n) is 4.56. The number of nitrogens with zero attached hydrogens (tertiary/aromatic N) is 1. The average Bonchev–Trinajstić information content (AvgIpc) is 2.39. The minimum Gasteiger partial charge on any atom is -0.478 e. The fraction of sp³-hybridized carbons (Fsp3) is 0.467. The first-order chi connectivity index (χ1) is 9.08. The van der Waals surface area contributed by atoms with Gasteiger partial charge < -0.3 is 10.0 Å². The molecule has 0 aliphatic rings. The summed E-state index contributed by atoms with van der Waals surface area (Å²) < 4.78 is 0. The monoisotopic (exact) mass is 263 g/mol. The van der Waals surface area contributed by atoms with E-state index in [1.165, 1.54) is 12.1 Å². The Morgan fingerprint density at radius 3 is 2.00 bits per heavy atom. The molecule has 0 atom stereocenters. The van der Waals surface area contributed by atoms with Gasteiger partial charge in [-0.15, -0.1) is 0 Å². The van der Waals surface area contributed by atoms with Crippen molar-refractivity contribution in [1.82, 2.24) is 4.90 Å². The summed E-state index contributed by atoms with van der Waals surface area (Å²) in [4.78, 5) is 24.7. The molecule has 0 fully saturated rings. The van der Waals surface area contributed by atoms with E-state index in [2.05, 4.69) is 13.8 Å². The highest BCUT2D eigenvalue weighted by molar-refractivity contribution is 5.87. The third-order valence-corrected chi connectivity index (χ3v) is 2.90. The quantitative estimate of drug-likeness (QED) is 0.822. The molecule has 104 valence electrons. The zero-order chi connectivity index (χ0) is 14.3. The van der Waals surface area contributed by atoms with Crippen molar-refractivity contribution >= 4 is 11.9 Å². The molecule has 0 saturated carbocycles. The summed E-state index contributed by atoms with van der Waals surface area (Å²) in [6, 6.07) is 6.48. The van der Waals surface area contributed by atoms with Crippen LogP contribution in [-0.2, 0) is 11.2 Å². The van der Waals surface area contributed by atoms with Gasteiger partial charge in [0.25, 0.3) is 0 Å². The molecule has 0 saturated heterocycles. The van der Waals surface area contributed by atoms with Crippen molar-refractivity contribution in [3.05, 3.63) is 35.4 Å². The largest absolute Gasteiger partial charge is 0.478 e. The molecule has 4 heteroatoms. The molecule has 19 heavy (non-hydrogen) atoms. The number of carboxylic acid groups (broad SMARTS) is 1. The van der Waals surface area contributed by atoms with Crippen molar-refractivity contribution in [2.45, 2.75) is 33.1 Å². The second kappa shape index (κ2) is 7.56. The number of carbonyl (C=O) groups is 2. The Hall–Kier alpha value is -1.84. The van der Waals surface area contributed by atoms with Crippen LogP contribution in [0.5, 0.6) is 0 Å². The van der Waals surface area contributed by atoms with Gasteiger partial charge in [0.1, 0.15) is 0 Å². The van der Waals surface area contributed by atoms with E-state index in [9.17, 15) is 9.59 Å². The second-order valence-corrected chi connectivity index (χ2v) is 4.56. The van der Waals surface area contributed by atoms with Crippen LogP contribution in [0.2, 0.25) is 0 Å². The zero-order valence-electron chi connectivity index (χ0n) is 11.6. The van der Waals surface area contributed by atoms with E-state index in [0.29, 0.717) is 6.42 Å². The van der Waals surface area contributed by atoms with Crippen molar-refractivity contribution in [3.8, 4) is 0 Å². The Labute approximate surface area is 114 Å². The van der Waals surface area contributed by atoms with E-state index in [1.807, 2.05) is 4.90 Å². The Kier molecular flexibility index (Phi) is 6.06. The molecule has 0 spiro atoms. The number of carboxylic acids is 1. The van der Waals surface area contributed by atoms with Crippen molar-refractivity contribution in [2.75, 3.05) is 13.1 Å². The van der Waals surface area contributed by atoms with Crippen LogP contribution in [0.15, 0.2) is 24.3 Å². The lowest BCUT2D eigenvalue weighted by molar-refractivity contribution is -0.130. The molecule has 1 aromatic rings. The van der Waals surface area contributed by atoms with Crippen LogP contribution >= 0.6 is 0 Å². The highest BCUT2D eigenvalue weighted by atomic mass is 16.4. The first-order valence-electron chi connectivity index (χ1n) is 6.68. The Balaban J connectivity index is 2.66. The van der Waals surface area contributed by atoms with Crippen molar-refractivity contribution in [2.24, 2.45) is 0 Å². The smallest absolute Gasteiger partial charge is 0.335 e. The third-order valence-electron chi connectivity index (χ3n) is 2.90. The Bertz CT molecular complexity index is 420. The highest BCUT2D eigenvalue weighted by Gasteiger charge is 2.12. The molecule has 0 radical (unpaired) electrons. The number of aromatic carboxylic acids is 1. The average molecular weight is 263 g/mol. The SMILES string of the molecule is CCCN(CCC)C(=O)Cc1ccc(C(=O)O)cc1. The number of rotatable bonds is 7. The van der Waals surface area contributed by atoms with Crippen molar-refractivity contribution in [3.63, 3.8) is 0 Å². The summed E-state index contributed by atoms with van der Waals surface area (Å²) in [5.74, 6) is -0.844. The van der Waals surface area contributed by atoms with Gasteiger partial charge in [0.05, 0.1) is 12.0 Å². The normalized spacial score (nSPS) is 10.2. The molecular weight excluding hydrogens is 242 g/mol. The van der Waals surface area contributed by atoms with Gasteiger partial charge >= 0.3 is 5.97 Å². The van der Waals surface area contributed by atoms with E-state index in [0.717, 1.165) is 31.5 Å². The number of amides is 1. The predicted octanol–water partition coefficient (Wildman–Crippen LogP) is 2.58. The molecule has 1 rings (SSSR count). The minimum absolute atomic E-state index is 0.103. The van der Waals surface area contributed by atoms with Crippen LogP contribution in [0.1, 0.15) is 42.6 Å². The fourth-order valence-electron chi connectivity index (χ4n) is 1.95. The molecule has 0 heterocycles. The number of benzene rings is 1. The van der Waals surface area contributed by atoms with Gasteiger partial charge in [-0.1, -0.05) is 26.0 Å². The summed E-state index contributed by atoms with van der Waals surface area (Å²) >= 11 is 0. The summed E-state index contributed by atoms with van der Waals surface area (Å²) in [7, 11) is 0. The lowest BCUT2D eigenvalue weighted by atomic mass is 10.1. The lowest BCUT2D eigenvalue weighted by Gasteiger charge is -2.21. The van der Waals surface area contributed by atoms with Crippen LogP contribution in [0.3, 0.4) is 0 Å². The maximum atomic E-state index is 12.1. The third kappa shape index (κ3) is 4.73. The van der Waals surface area contributed by atoms with Gasteiger partial charge in [-0.3, -0.25) is 4.79 Å². The molecule has 1 N–H and O–H groups in total. The van der Waals surface area contributed by atoms with E-state index >= 15 is 0 Å². The van der Waals surface area contributed by atoms with E-state index in [-0.39, 0.29) is 11.5 Å². The van der Waals surface area contributed by atoms with E-state index < -0.39 is 5.97 Å².